The quantitative estimate of drug-likeness (QED) is 0.564. The molecule has 0 N–H and O–H groups in total. The number of hydroxylamine groups is 1. The van der Waals surface area contributed by atoms with Crippen molar-refractivity contribution in [2.75, 3.05) is 5.06 Å². The summed E-state index contributed by atoms with van der Waals surface area (Å²) in [5.41, 5.74) is 2.20. The standard InChI is InChI=1S/C24H18ClFN2O3/c25-17-8-12-19(13-9-17)28-21(16-6-10-18(26)11-7-16)20-22(31-28)24(30)27(23(20)29)14-15-4-2-1-3-5-15/h1-13,20-22H,14H2/t20-,21+,22-/m0/s1. The van der Waals surface area contributed by atoms with Crippen molar-refractivity contribution < 1.29 is 18.8 Å². The van der Waals surface area contributed by atoms with Crippen molar-refractivity contribution >= 4 is 29.1 Å². The molecular formula is C24H18ClFN2O3. The Morgan fingerprint density at radius 3 is 2.23 bits per heavy atom. The van der Waals surface area contributed by atoms with Crippen LogP contribution in [0.2, 0.25) is 5.02 Å². The van der Waals surface area contributed by atoms with E-state index in [1.165, 1.54) is 17.0 Å². The van der Waals surface area contributed by atoms with Crippen LogP contribution in [0.3, 0.4) is 0 Å². The molecule has 0 spiro atoms. The molecule has 2 aliphatic heterocycles. The summed E-state index contributed by atoms with van der Waals surface area (Å²) in [5, 5.41) is 2.12. The molecule has 0 saturated carbocycles. The van der Waals surface area contributed by atoms with Gasteiger partial charge in [-0.3, -0.25) is 19.3 Å². The third-order valence-electron chi connectivity index (χ3n) is 5.68. The Bertz CT molecular complexity index is 1120. The molecule has 0 radical (unpaired) electrons. The minimum absolute atomic E-state index is 0.186. The molecule has 2 amide bonds. The van der Waals surface area contributed by atoms with Gasteiger partial charge < -0.3 is 0 Å². The van der Waals surface area contributed by atoms with Gasteiger partial charge >= 0.3 is 0 Å². The molecule has 3 atom stereocenters. The molecule has 156 valence electrons. The molecule has 7 heteroatoms. The number of fused-ring (bicyclic) bond motifs is 1. The number of likely N-dealkylation sites (tertiary alicyclic amines) is 1. The lowest BCUT2D eigenvalue weighted by atomic mass is 9.90. The first-order chi connectivity index (χ1) is 15.0. The fourth-order valence-electron chi connectivity index (χ4n) is 4.20. The summed E-state index contributed by atoms with van der Waals surface area (Å²) in [6, 6.07) is 21.6. The Morgan fingerprint density at radius 1 is 0.871 bits per heavy atom. The SMILES string of the molecule is O=C1[C@@H]2[C@H](ON(c3ccc(Cl)cc3)[C@@H]2c2ccc(F)cc2)C(=O)N1Cc1ccccc1. The van der Waals surface area contributed by atoms with Crippen molar-refractivity contribution in [2.45, 2.75) is 18.7 Å². The van der Waals surface area contributed by atoms with Gasteiger partial charge in [-0.05, 0) is 47.5 Å². The van der Waals surface area contributed by atoms with Gasteiger partial charge in [-0.2, -0.15) is 0 Å². The molecule has 5 rings (SSSR count). The van der Waals surface area contributed by atoms with Gasteiger partial charge in [0.25, 0.3) is 5.91 Å². The fraction of sp³-hybridized carbons (Fsp3) is 0.167. The summed E-state index contributed by atoms with van der Waals surface area (Å²) < 4.78 is 13.6. The maximum Gasteiger partial charge on any atom is 0.262 e. The van der Waals surface area contributed by atoms with Crippen LogP contribution in [0, 0.1) is 11.7 Å². The van der Waals surface area contributed by atoms with Crippen molar-refractivity contribution in [1.82, 2.24) is 4.90 Å². The fourth-order valence-corrected chi connectivity index (χ4v) is 4.33. The van der Waals surface area contributed by atoms with Gasteiger partial charge in [0.15, 0.2) is 6.10 Å². The predicted octanol–water partition coefficient (Wildman–Crippen LogP) is 4.53. The number of rotatable bonds is 4. The highest BCUT2D eigenvalue weighted by Gasteiger charge is 2.59. The second-order valence-electron chi connectivity index (χ2n) is 7.60. The topological polar surface area (TPSA) is 49.9 Å². The van der Waals surface area contributed by atoms with Gasteiger partial charge in [0.05, 0.1) is 18.3 Å². The predicted molar refractivity (Wildman–Crippen MR) is 113 cm³/mol. The molecule has 2 aliphatic rings. The van der Waals surface area contributed by atoms with Crippen LogP contribution in [0.5, 0.6) is 0 Å². The first kappa shape index (κ1) is 19.7. The minimum Gasteiger partial charge on any atom is -0.275 e. The lowest BCUT2D eigenvalue weighted by molar-refractivity contribution is -0.143. The minimum atomic E-state index is -0.943. The van der Waals surface area contributed by atoms with Gasteiger partial charge in [-0.25, -0.2) is 9.45 Å². The smallest absolute Gasteiger partial charge is 0.262 e. The molecule has 0 aromatic heterocycles. The van der Waals surface area contributed by atoms with Gasteiger partial charge in [0, 0.05) is 5.02 Å². The number of carbonyl (C=O) groups excluding carboxylic acids is 2. The van der Waals surface area contributed by atoms with Crippen LogP contribution < -0.4 is 5.06 Å². The highest BCUT2D eigenvalue weighted by atomic mass is 35.5. The van der Waals surface area contributed by atoms with E-state index < -0.39 is 18.1 Å². The van der Waals surface area contributed by atoms with Crippen molar-refractivity contribution in [1.29, 1.82) is 0 Å². The van der Waals surface area contributed by atoms with E-state index >= 15 is 0 Å². The molecular weight excluding hydrogens is 419 g/mol. The molecule has 0 unspecified atom stereocenters. The summed E-state index contributed by atoms with van der Waals surface area (Å²) >= 11 is 6.01. The number of imide groups is 1. The zero-order chi connectivity index (χ0) is 21.5. The second kappa shape index (κ2) is 7.80. The third-order valence-corrected chi connectivity index (χ3v) is 5.93. The molecule has 2 heterocycles. The number of hydrogen-bond donors (Lipinski definition) is 0. The molecule has 2 fully saturated rings. The average molecular weight is 437 g/mol. The number of amides is 2. The van der Waals surface area contributed by atoms with E-state index in [1.54, 1.807) is 41.5 Å². The summed E-state index contributed by atoms with van der Waals surface area (Å²) in [6.07, 6.45) is -0.943. The molecule has 5 nitrogen and oxygen atoms in total. The van der Waals surface area contributed by atoms with Crippen LogP contribution in [-0.2, 0) is 21.0 Å². The van der Waals surface area contributed by atoms with Crippen molar-refractivity contribution in [3.05, 3.63) is 101 Å². The Hall–Kier alpha value is -3.22. The first-order valence-corrected chi connectivity index (χ1v) is 10.3. The Kier molecular flexibility index (Phi) is 4.96. The van der Waals surface area contributed by atoms with E-state index in [2.05, 4.69) is 0 Å². The van der Waals surface area contributed by atoms with E-state index in [4.69, 9.17) is 16.4 Å². The molecule has 0 bridgehead atoms. The van der Waals surface area contributed by atoms with E-state index in [0.717, 1.165) is 5.56 Å². The van der Waals surface area contributed by atoms with E-state index in [9.17, 15) is 14.0 Å². The summed E-state index contributed by atoms with van der Waals surface area (Å²) in [4.78, 5) is 33.8. The monoisotopic (exact) mass is 436 g/mol. The van der Waals surface area contributed by atoms with Gasteiger partial charge in [0.1, 0.15) is 11.7 Å². The lowest BCUT2D eigenvalue weighted by Crippen LogP contribution is -2.36. The van der Waals surface area contributed by atoms with Crippen LogP contribution >= 0.6 is 11.6 Å². The van der Waals surface area contributed by atoms with Gasteiger partial charge in [0.2, 0.25) is 5.91 Å². The number of carbonyl (C=O) groups is 2. The van der Waals surface area contributed by atoms with Crippen LogP contribution in [0.1, 0.15) is 17.2 Å². The van der Waals surface area contributed by atoms with Crippen molar-refractivity contribution in [2.24, 2.45) is 5.92 Å². The number of hydrogen-bond acceptors (Lipinski definition) is 4. The van der Waals surface area contributed by atoms with E-state index in [0.29, 0.717) is 16.3 Å². The van der Waals surface area contributed by atoms with E-state index in [1.807, 2.05) is 30.3 Å². The first-order valence-electron chi connectivity index (χ1n) is 9.89. The Labute approximate surface area is 183 Å². The number of benzene rings is 3. The zero-order valence-electron chi connectivity index (χ0n) is 16.3. The van der Waals surface area contributed by atoms with Crippen LogP contribution in [0.4, 0.5) is 10.1 Å². The summed E-state index contributed by atoms with van der Waals surface area (Å²) in [6.45, 7) is 0.186. The molecule has 3 aromatic carbocycles. The number of nitrogens with zero attached hydrogens (tertiary/aromatic N) is 2. The normalized spacial score (nSPS) is 22.8. The summed E-state index contributed by atoms with van der Waals surface area (Å²) in [7, 11) is 0. The van der Waals surface area contributed by atoms with Crippen LogP contribution in [0.25, 0.3) is 0 Å². The second-order valence-corrected chi connectivity index (χ2v) is 8.04. The highest BCUT2D eigenvalue weighted by Crippen LogP contribution is 2.47. The Balaban J connectivity index is 1.52. The average Bonchev–Trinajstić information content (AvgIpc) is 3.28. The maximum atomic E-state index is 13.6. The molecule has 3 aromatic rings. The molecule has 31 heavy (non-hydrogen) atoms. The van der Waals surface area contributed by atoms with Gasteiger partial charge in [-0.15, -0.1) is 0 Å². The third kappa shape index (κ3) is 3.48. The lowest BCUT2D eigenvalue weighted by Gasteiger charge is -2.28. The molecule has 0 aliphatic carbocycles. The number of anilines is 1. The summed E-state index contributed by atoms with van der Waals surface area (Å²) in [5.74, 6) is -1.79. The highest BCUT2D eigenvalue weighted by molar-refractivity contribution is 6.30. The molecule has 2 saturated heterocycles. The van der Waals surface area contributed by atoms with Gasteiger partial charge in [-0.1, -0.05) is 54.1 Å². The Morgan fingerprint density at radius 2 is 1.55 bits per heavy atom. The van der Waals surface area contributed by atoms with E-state index in [-0.39, 0.29) is 24.2 Å². The van der Waals surface area contributed by atoms with Crippen molar-refractivity contribution in [3.8, 4) is 0 Å². The van der Waals surface area contributed by atoms with Crippen LogP contribution in [-0.4, -0.2) is 22.8 Å². The van der Waals surface area contributed by atoms with Crippen molar-refractivity contribution in [3.63, 3.8) is 0 Å². The maximum absolute atomic E-state index is 13.6. The zero-order valence-corrected chi connectivity index (χ0v) is 17.1. The van der Waals surface area contributed by atoms with Crippen LogP contribution in [0.15, 0.2) is 78.9 Å². The largest absolute Gasteiger partial charge is 0.275 e. The number of halogens is 2.